The number of esters is 1. The Balaban J connectivity index is 1.85. The standard InChI is InChI=1S/C20H19F3N4O2/c1-3-29-18(28)12-17-25-19(26-27(17)2)15-6-4-5-7-16(15)24-14-10-8-13(9-11-14)20(21,22)23/h4-11,24H,3,12H2,1-2H3. The van der Waals surface area contributed by atoms with Gasteiger partial charge in [-0.25, -0.2) is 4.98 Å². The molecule has 29 heavy (non-hydrogen) atoms. The first-order valence-electron chi connectivity index (χ1n) is 8.87. The van der Waals surface area contributed by atoms with Crippen LogP contribution in [0.25, 0.3) is 11.4 Å². The summed E-state index contributed by atoms with van der Waals surface area (Å²) >= 11 is 0. The average molecular weight is 404 g/mol. The van der Waals surface area contributed by atoms with E-state index in [1.54, 1.807) is 38.2 Å². The molecule has 2 aromatic carbocycles. The third kappa shape index (κ3) is 4.92. The number of hydrogen-bond acceptors (Lipinski definition) is 5. The van der Waals surface area contributed by atoms with Gasteiger partial charge in [0.25, 0.3) is 0 Å². The van der Waals surface area contributed by atoms with E-state index < -0.39 is 17.7 Å². The molecule has 0 bridgehead atoms. The van der Waals surface area contributed by atoms with E-state index in [0.29, 0.717) is 28.6 Å². The van der Waals surface area contributed by atoms with E-state index in [0.717, 1.165) is 12.1 Å². The van der Waals surface area contributed by atoms with Crippen molar-refractivity contribution < 1.29 is 22.7 Å². The summed E-state index contributed by atoms with van der Waals surface area (Å²) in [5.74, 6) is 0.440. The molecule has 0 saturated heterocycles. The number of aromatic nitrogens is 3. The van der Waals surface area contributed by atoms with Gasteiger partial charge in [0.15, 0.2) is 5.82 Å². The van der Waals surface area contributed by atoms with Crippen molar-refractivity contribution in [1.82, 2.24) is 14.8 Å². The van der Waals surface area contributed by atoms with Crippen LogP contribution < -0.4 is 5.32 Å². The van der Waals surface area contributed by atoms with Gasteiger partial charge < -0.3 is 10.1 Å². The van der Waals surface area contributed by atoms with Crippen LogP contribution in [0.1, 0.15) is 18.3 Å². The molecule has 0 fully saturated rings. The topological polar surface area (TPSA) is 69.0 Å². The molecule has 152 valence electrons. The molecule has 0 amide bonds. The molecule has 1 heterocycles. The maximum atomic E-state index is 12.7. The van der Waals surface area contributed by atoms with Gasteiger partial charge in [-0.1, -0.05) is 12.1 Å². The number of nitrogens with one attached hydrogen (secondary N) is 1. The summed E-state index contributed by atoms with van der Waals surface area (Å²) in [4.78, 5) is 16.1. The van der Waals surface area contributed by atoms with Crippen LogP contribution in [-0.4, -0.2) is 27.3 Å². The summed E-state index contributed by atoms with van der Waals surface area (Å²) < 4.78 is 44.7. The molecule has 0 aliphatic rings. The zero-order valence-electron chi connectivity index (χ0n) is 15.8. The number of para-hydroxylation sites is 1. The number of anilines is 2. The predicted octanol–water partition coefficient (Wildman–Crippen LogP) is 4.35. The second-order valence-corrected chi connectivity index (χ2v) is 6.20. The van der Waals surface area contributed by atoms with E-state index in [4.69, 9.17) is 4.74 Å². The molecule has 3 aromatic rings. The van der Waals surface area contributed by atoms with Crippen molar-refractivity contribution in [2.45, 2.75) is 19.5 Å². The first-order valence-corrected chi connectivity index (χ1v) is 8.87. The zero-order chi connectivity index (χ0) is 21.0. The summed E-state index contributed by atoms with van der Waals surface area (Å²) in [5, 5.41) is 7.44. The molecule has 1 aromatic heterocycles. The summed E-state index contributed by atoms with van der Waals surface area (Å²) in [7, 11) is 1.68. The van der Waals surface area contributed by atoms with E-state index in [2.05, 4.69) is 15.4 Å². The van der Waals surface area contributed by atoms with Gasteiger partial charge in [0.05, 0.1) is 12.2 Å². The molecule has 0 aliphatic carbocycles. The molecule has 1 N–H and O–H groups in total. The molecule has 0 saturated carbocycles. The molecule has 3 rings (SSSR count). The number of carbonyl (C=O) groups is 1. The van der Waals surface area contributed by atoms with E-state index in [1.165, 1.54) is 16.8 Å². The number of carbonyl (C=O) groups excluding carboxylic acids is 1. The summed E-state index contributed by atoms with van der Waals surface area (Å²) in [6.45, 7) is 2.01. The maximum Gasteiger partial charge on any atom is 0.416 e. The first-order chi connectivity index (χ1) is 13.8. The van der Waals surface area contributed by atoms with E-state index >= 15 is 0 Å². The number of alkyl halides is 3. The summed E-state index contributed by atoms with van der Waals surface area (Å²) in [6.07, 6.45) is -4.39. The van der Waals surface area contributed by atoms with E-state index in [9.17, 15) is 18.0 Å². The third-order valence-electron chi connectivity index (χ3n) is 4.12. The van der Waals surface area contributed by atoms with Crippen molar-refractivity contribution in [3.8, 4) is 11.4 Å². The third-order valence-corrected chi connectivity index (χ3v) is 4.12. The number of halogens is 3. The molecule has 0 spiro atoms. The molecule has 0 aliphatic heterocycles. The lowest BCUT2D eigenvalue weighted by Gasteiger charge is -2.11. The minimum atomic E-state index is -4.39. The molecule has 0 atom stereocenters. The van der Waals surface area contributed by atoms with Crippen LogP contribution in [0.15, 0.2) is 48.5 Å². The van der Waals surface area contributed by atoms with Crippen molar-refractivity contribution in [1.29, 1.82) is 0 Å². The van der Waals surface area contributed by atoms with E-state index in [1.807, 2.05) is 0 Å². The Labute approximate surface area is 165 Å². The number of aryl methyl sites for hydroxylation is 1. The molecular formula is C20H19F3N4O2. The molecule has 6 nitrogen and oxygen atoms in total. The fraction of sp³-hybridized carbons (Fsp3) is 0.250. The van der Waals surface area contributed by atoms with E-state index in [-0.39, 0.29) is 13.0 Å². The van der Waals surface area contributed by atoms with Crippen molar-refractivity contribution in [3.63, 3.8) is 0 Å². The second-order valence-electron chi connectivity index (χ2n) is 6.20. The first kappa shape index (κ1) is 20.4. The van der Waals surface area contributed by atoms with Gasteiger partial charge in [0, 0.05) is 24.0 Å². The highest BCUT2D eigenvalue weighted by atomic mass is 19.4. The van der Waals surface area contributed by atoms with Crippen LogP contribution in [0, 0.1) is 0 Å². The number of ether oxygens (including phenoxy) is 1. The lowest BCUT2D eigenvalue weighted by atomic mass is 10.1. The fourth-order valence-electron chi connectivity index (χ4n) is 2.71. The van der Waals surface area contributed by atoms with Gasteiger partial charge in [-0.05, 0) is 43.3 Å². The minimum absolute atomic E-state index is 0.00810. The fourth-order valence-corrected chi connectivity index (χ4v) is 2.71. The van der Waals surface area contributed by atoms with Crippen LogP contribution in [0.2, 0.25) is 0 Å². The Morgan fingerprint density at radius 1 is 1.14 bits per heavy atom. The van der Waals surface area contributed by atoms with Crippen LogP contribution in [0.4, 0.5) is 24.5 Å². The van der Waals surface area contributed by atoms with Crippen LogP contribution >= 0.6 is 0 Å². The Hall–Kier alpha value is -3.36. The lowest BCUT2D eigenvalue weighted by Crippen LogP contribution is -2.11. The lowest BCUT2D eigenvalue weighted by molar-refractivity contribution is -0.142. The molecule has 0 radical (unpaired) electrons. The Bertz CT molecular complexity index is 998. The number of hydrogen-bond donors (Lipinski definition) is 1. The van der Waals surface area contributed by atoms with Gasteiger partial charge in [-0.15, -0.1) is 0 Å². The van der Waals surface area contributed by atoms with Crippen LogP contribution in [-0.2, 0) is 29.2 Å². The summed E-state index contributed by atoms with van der Waals surface area (Å²) in [6, 6.07) is 11.9. The summed E-state index contributed by atoms with van der Waals surface area (Å²) in [5.41, 5.74) is 1.05. The molecule has 9 heteroatoms. The van der Waals surface area contributed by atoms with Gasteiger partial charge in [-0.3, -0.25) is 9.48 Å². The zero-order valence-corrected chi connectivity index (χ0v) is 15.8. The Kier molecular flexibility index (Phi) is 5.86. The number of nitrogens with zero attached hydrogens (tertiary/aromatic N) is 3. The van der Waals surface area contributed by atoms with Crippen molar-refractivity contribution in [3.05, 3.63) is 59.9 Å². The maximum absolute atomic E-state index is 12.7. The number of benzene rings is 2. The quantitative estimate of drug-likeness (QED) is 0.619. The average Bonchev–Trinajstić information content (AvgIpc) is 3.02. The highest BCUT2D eigenvalue weighted by molar-refractivity contribution is 5.78. The van der Waals surface area contributed by atoms with Crippen LogP contribution in [0.5, 0.6) is 0 Å². The normalized spacial score (nSPS) is 11.3. The van der Waals surface area contributed by atoms with Gasteiger partial charge in [-0.2, -0.15) is 18.3 Å². The van der Waals surface area contributed by atoms with Gasteiger partial charge in [0.1, 0.15) is 12.2 Å². The van der Waals surface area contributed by atoms with Crippen LogP contribution in [0.3, 0.4) is 0 Å². The van der Waals surface area contributed by atoms with Gasteiger partial charge >= 0.3 is 12.1 Å². The second kappa shape index (κ2) is 8.34. The monoisotopic (exact) mass is 404 g/mol. The number of rotatable bonds is 6. The molecule has 0 unspecified atom stereocenters. The molecular weight excluding hydrogens is 385 g/mol. The largest absolute Gasteiger partial charge is 0.466 e. The Morgan fingerprint density at radius 2 is 1.83 bits per heavy atom. The van der Waals surface area contributed by atoms with Crippen molar-refractivity contribution in [2.24, 2.45) is 7.05 Å². The highest BCUT2D eigenvalue weighted by Gasteiger charge is 2.30. The highest BCUT2D eigenvalue weighted by Crippen LogP contribution is 2.32. The minimum Gasteiger partial charge on any atom is -0.466 e. The predicted molar refractivity (Wildman–Crippen MR) is 102 cm³/mol. The Morgan fingerprint density at radius 3 is 2.48 bits per heavy atom. The smallest absolute Gasteiger partial charge is 0.416 e. The SMILES string of the molecule is CCOC(=O)Cc1nc(-c2ccccc2Nc2ccc(C(F)(F)F)cc2)nn1C. The van der Waals surface area contributed by atoms with Crippen molar-refractivity contribution >= 4 is 17.3 Å². The van der Waals surface area contributed by atoms with Gasteiger partial charge in [0.2, 0.25) is 0 Å². The van der Waals surface area contributed by atoms with Crippen molar-refractivity contribution in [2.75, 3.05) is 11.9 Å².